The zero-order chi connectivity index (χ0) is 26.5. The lowest BCUT2D eigenvalue weighted by Gasteiger charge is -2.38. The number of likely N-dealkylation sites (N-methyl/N-ethyl adjacent to an activating group) is 1. The molecule has 3 heterocycles. The highest BCUT2D eigenvalue weighted by Crippen LogP contribution is 2.29. The number of fused-ring (bicyclic) bond motifs is 1. The molecule has 1 fully saturated rings. The monoisotopic (exact) mass is 500 g/mol. The van der Waals surface area contributed by atoms with Crippen LogP contribution in [0.2, 0.25) is 0 Å². The molecule has 1 aromatic carbocycles. The number of nitrogens with zero attached hydrogens (tertiary/aromatic N) is 6. The summed E-state index contributed by atoms with van der Waals surface area (Å²) >= 11 is 0. The normalized spacial score (nSPS) is 19.0. The topological polar surface area (TPSA) is 85.9 Å². The maximum Gasteiger partial charge on any atom is 0.174 e. The van der Waals surface area contributed by atoms with Gasteiger partial charge in [0.2, 0.25) is 0 Å². The third-order valence-electron chi connectivity index (χ3n) is 7.13. The lowest BCUT2D eigenvalue weighted by Crippen LogP contribution is -2.45. The molecule has 1 unspecified atom stereocenters. The summed E-state index contributed by atoms with van der Waals surface area (Å²) < 4.78 is 0. The third-order valence-corrected chi connectivity index (χ3v) is 7.13. The van der Waals surface area contributed by atoms with Gasteiger partial charge in [0.05, 0.1) is 5.70 Å². The lowest BCUT2D eigenvalue weighted by molar-refractivity contribution is 0.186. The largest absolute Gasteiger partial charge is 0.384 e. The second-order valence-corrected chi connectivity index (χ2v) is 10.0. The number of rotatable bonds is 7. The van der Waals surface area contributed by atoms with E-state index < -0.39 is 0 Å². The molecule has 8 nitrogen and oxygen atoms in total. The Morgan fingerprint density at radius 1 is 1.14 bits per heavy atom. The highest BCUT2D eigenvalue weighted by molar-refractivity contribution is 5.94. The first-order valence-corrected chi connectivity index (χ1v) is 13.0. The summed E-state index contributed by atoms with van der Waals surface area (Å²) in [6.07, 6.45) is 6.83. The van der Waals surface area contributed by atoms with E-state index in [-0.39, 0.29) is 6.04 Å². The van der Waals surface area contributed by atoms with Crippen molar-refractivity contribution >= 4 is 11.5 Å². The predicted molar refractivity (Wildman–Crippen MR) is 152 cm³/mol. The number of aliphatic imine (C=N–C) groups is 1. The minimum absolute atomic E-state index is 0.285. The van der Waals surface area contributed by atoms with E-state index in [9.17, 15) is 0 Å². The predicted octanol–water partition coefficient (Wildman–Crippen LogP) is 3.45. The second kappa shape index (κ2) is 11.6. The SMILES string of the molecule is C=C(N)/N=C(\C=C(/C)N1CCN(C)CC1)N1Cc2cc(-c3cnc(C(=C)NCC)nc3)ccc2CC1C. The van der Waals surface area contributed by atoms with Crippen molar-refractivity contribution in [2.75, 3.05) is 39.8 Å². The summed E-state index contributed by atoms with van der Waals surface area (Å²) in [6.45, 7) is 20.0. The fourth-order valence-electron chi connectivity index (χ4n) is 4.92. The Morgan fingerprint density at radius 3 is 2.49 bits per heavy atom. The molecule has 2 aliphatic heterocycles. The van der Waals surface area contributed by atoms with Crippen molar-refractivity contribution in [1.29, 1.82) is 0 Å². The summed E-state index contributed by atoms with van der Waals surface area (Å²) in [5, 5.41) is 3.17. The lowest BCUT2D eigenvalue weighted by atomic mass is 9.92. The molecule has 1 aromatic heterocycles. The van der Waals surface area contributed by atoms with Gasteiger partial charge in [0.15, 0.2) is 5.82 Å². The fraction of sp³-hybridized carbons (Fsp3) is 0.414. The molecule has 0 saturated carbocycles. The average molecular weight is 501 g/mol. The van der Waals surface area contributed by atoms with Gasteiger partial charge in [0.1, 0.15) is 11.7 Å². The van der Waals surface area contributed by atoms with Crippen LogP contribution in [0.3, 0.4) is 0 Å². The molecular weight excluding hydrogens is 460 g/mol. The molecule has 8 heteroatoms. The first-order chi connectivity index (χ1) is 17.7. The van der Waals surface area contributed by atoms with Crippen LogP contribution in [0.15, 0.2) is 66.3 Å². The Bertz CT molecular complexity index is 1190. The van der Waals surface area contributed by atoms with Crippen molar-refractivity contribution in [3.63, 3.8) is 0 Å². The average Bonchev–Trinajstić information content (AvgIpc) is 2.88. The Labute approximate surface area is 221 Å². The Kier molecular flexibility index (Phi) is 8.28. The first kappa shape index (κ1) is 26.4. The van der Waals surface area contributed by atoms with Crippen LogP contribution in [0.1, 0.15) is 37.7 Å². The van der Waals surface area contributed by atoms with Crippen LogP contribution in [-0.2, 0) is 13.0 Å². The molecule has 1 saturated heterocycles. The summed E-state index contributed by atoms with van der Waals surface area (Å²) in [6, 6.07) is 6.92. The molecule has 0 spiro atoms. The molecule has 2 aliphatic rings. The number of amidine groups is 1. The fourth-order valence-corrected chi connectivity index (χ4v) is 4.92. The van der Waals surface area contributed by atoms with Crippen molar-refractivity contribution in [3.05, 3.63) is 78.3 Å². The molecule has 1 atom stereocenters. The van der Waals surface area contributed by atoms with Crippen LogP contribution < -0.4 is 11.1 Å². The van der Waals surface area contributed by atoms with Crippen molar-refractivity contribution in [2.24, 2.45) is 10.7 Å². The first-order valence-electron chi connectivity index (χ1n) is 13.0. The highest BCUT2D eigenvalue weighted by atomic mass is 15.3. The van der Waals surface area contributed by atoms with Crippen molar-refractivity contribution < 1.29 is 0 Å². The van der Waals surface area contributed by atoms with E-state index in [2.05, 4.69) is 93.3 Å². The van der Waals surface area contributed by atoms with E-state index >= 15 is 0 Å². The van der Waals surface area contributed by atoms with Gasteiger partial charge in [-0.15, -0.1) is 0 Å². The molecule has 0 amide bonds. The quantitative estimate of drug-likeness (QED) is 0.445. The Balaban J connectivity index is 1.58. The number of piperazine rings is 1. The number of aromatic nitrogens is 2. The molecule has 2 aromatic rings. The van der Waals surface area contributed by atoms with Gasteiger partial charge in [-0.2, -0.15) is 0 Å². The summed E-state index contributed by atoms with van der Waals surface area (Å²) in [4.78, 5) is 20.8. The van der Waals surface area contributed by atoms with E-state index in [0.717, 1.165) is 68.3 Å². The molecular formula is C29H40N8. The number of hydrogen-bond donors (Lipinski definition) is 2. The summed E-state index contributed by atoms with van der Waals surface area (Å²) in [5.74, 6) is 1.80. The minimum atomic E-state index is 0.285. The van der Waals surface area contributed by atoms with Gasteiger partial charge in [-0.25, -0.2) is 15.0 Å². The summed E-state index contributed by atoms with van der Waals surface area (Å²) in [5.41, 5.74) is 12.6. The number of nitrogens with one attached hydrogen (secondary N) is 1. The van der Waals surface area contributed by atoms with Crippen LogP contribution in [-0.4, -0.2) is 76.3 Å². The van der Waals surface area contributed by atoms with E-state index in [1.807, 2.05) is 19.3 Å². The maximum atomic E-state index is 5.98. The van der Waals surface area contributed by atoms with Crippen molar-refractivity contribution in [2.45, 2.75) is 39.8 Å². The second-order valence-electron chi connectivity index (χ2n) is 10.0. The zero-order valence-corrected chi connectivity index (χ0v) is 22.7. The number of benzene rings is 1. The van der Waals surface area contributed by atoms with E-state index in [4.69, 9.17) is 5.73 Å². The molecule has 37 heavy (non-hydrogen) atoms. The maximum absolute atomic E-state index is 5.98. The Hall–Kier alpha value is -3.65. The van der Waals surface area contributed by atoms with Crippen LogP contribution in [0.4, 0.5) is 0 Å². The van der Waals surface area contributed by atoms with Crippen LogP contribution in [0, 0.1) is 0 Å². The number of nitrogens with two attached hydrogens (primary N) is 1. The molecule has 4 rings (SSSR count). The standard InChI is InChI=1S/C29H40N8/c1-7-31-22(4)29-32-17-27(18-33-29)25-9-8-24-14-21(3)37(19-26(24)16-25)28(34-23(5)30)15-20(2)36-12-10-35(6)11-13-36/h8-9,15-18,21,31H,4-5,7,10-14,19,30H2,1-3,6H3/b20-15+,34-28+. The van der Waals surface area contributed by atoms with Gasteiger partial charge >= 0.3 is 0 Å². The van der Waals surface area contributed by atoms with Gasteiger partial charge < -0.3 is 25.8 Å². The highest BCUT2D eigenvalue weighted by Gasteiger charge is 2.26. The summed E-state index contributed by atoms with van der Waals surface area (Å²) in [7, 11) is 2.17. The Morgan fingerprint density at radius 2 is 1.84 bits per heavy atom. The van der Waals surface area contributed by atoms with Gasteiger partial charge in [-0.1, -0.05) is 25.3 Å². The van der Waals surface area contributed by atoms with Gasteiger partial charge in [-0.3, -0.25) is 0 Å². The van der Waals surface area contributed by atoms with E-state index in [1.165, 1.54) is 16.8 Å². The smallest absolute Gasteiger partial charge is 0.174 e. The number of allylic oxidation sites excluding steroid dienone is 1. The van der Waals surface area contributed by atoms with Crippen LogP contribution in [0.5, 0.6) is 0 Å². The molecule has 3 N–H and O–H groups in total. The van der Waals surface area contributed by atoms with Gasteiger partial charge in [-0.05, 0) is 63.1 Å². The minimum Gasteiger partial charge on any atom is -0.384 e. The number of hydrogen-bond acceptors (Lipinski definition) is 7. The molecule has 196 valence electrons. The van der Waals surface area contributed by atoms with Crippen molar-refractivity contribution in [3.8, 4) is 11.1 Å². The van der Waals surface area contributed by atoms with Crippen molar-refractivity contribution in [1.82, 2.24) is 30.0 Å². The van der Waals surface area contributed by atoms with Gasteiger partial charge in [0, 0.05) is 69.0 Å². The van der Waals surface area contributed by atoms with E-state index in [0.29, 0.717) is 11.6 Å². The van der Waals surface area contributed by atoms with Crippen LogP contribution in [0.25, 0.3) is 16.8 Å². The zero-order valence-electron chi connectivity index (χ0n) is 22.7. The van der Waals surface area contributed by atoms with Gasteiger partial charge in [0.25, 0.3) is 0 Å². The van der Waals surface area contributed by atoms with Crippen LogP contribution >= 0.6 is 0 Å². The molecule has 0 aliphatic carbocycles. The van der Waals surface area contributed by atoms with E-state index in [1.54, 1.807) is 0 Å². The molecule has 0 bridgehead atoms. The third kappa shape index (κ3) is 6.38. The molecule has 0 radical (unpaired) electrons.